The lowest BCUT2D eigenvalue weighted by molar-refractivity contribution is -0.153. The molecule has 26 heavy (non-hydrogen) atoms. The van der Waals surface area contributed by atoms with E-state index in [9.17, 15) is 10.1 Å². The zero-order valence-corrected chi connectivity index (χ0v) is 16.0. The molecule has 0 spiro atoms. The number of thiazole rings is 1. The average Bonchev–Trinajstić information content (AvgIpc) is 3.04. The molecule has 0 N–H and O–H groups in total. The molecule has 134 valence electrons. The highest BCUT2D eigenvalue weighted by Gasteiger charge is 2.55. The molecule has 2 aliphatic carbocycles. The first-order chi connectivity index (χ1) is 12.6. The molecule has 2 unspecified atom stereocenters. The highest BCUT2D eigenvalue weighted by molar-refractivity contribution is 7.18. The fourth-order valence-corrected chi connectivity index (χ4v) is 6.85. The van der Waals surface area contributed by atoms with Gasteiger partial charge in [-0.2, -0.15) is 5.26 Å². The van der Waals surface area contributed by atoms with Crippen LogP contribution in [0.4, 0.5) is 0 Å². The highest BCUT2D eigenvalue weighted by Crippen LogP contribution is 2.55. The van der Waals surface area contributed by atoms with E-state index in [0.29, 0.717) is 23.8 Å². The second-order valence-corrected chi connectivity index (χ2v) is 9.67. The predicted molar refractivity (Wildman–Crippen MR) is 102 cm³/mol. The number of rotatable bonds is 3. The summed E-state index contributed by atoms with van der Waals surface area (Å²) in [6.45, 7) is 0. The van der Waals surface area contributed by atoms with E-state index in [1.807, 2.05) is 18.2 Å². The Kier molecular flexibility index (Phi) is 3.77. The monoisotopic (exact) mass is 385 g/mol. The fraction of sp³-hybridized carbons (Fsp3) is 0.550. The number of piperidine rings is 2. The summed E-state index contributed by atoms with van der Waals surface area (Å²) in [4.78, 5) is 19.7. The molecular weight excluding hydrogens is 366 g/mol. The quantitative estimate of drug-likeness (QED) is 0.777. The van der Waals surface area contributed by atoms with Crippen LogP contribution in [0.2, 0.25) is 5.02 Å². The SMILES string of the molecule is N#CC12CC3CC(C1)N(C(=O)CCc1nc4c(Cl)cccc4s1)C(C3)C2. The zero-order chi connectivity index (χ0) is 17.9. The fourth-order valence-electron chi connectivity index (χ4n) is 5.58. The van der Waals surface area contributed by atoms with Gasteiger partial charge in [-0.15, -0.1) is 11.3 Å². The third-order valence-electron chi connectivity index (χ3n) is 6.42. The number of nitrogens with zero attached hydrogens (tertiary/aromatic N) is 3. The molecule has 2 aromatic rings. The first kappa shape index (κ1) is 16.5. The predicted octanol–water partition coefficient (Wildman–Crippen LogP) is 4.57. The summed E-state index contributed by atoms with van der Waals surface area (Å²) in [6.07, 6.45) is 6.12. The number of fused-ring (bicyclic) bond motifs is 1. The van der Waals surface area contributed by atoms with Gasteiger partial charge in [-0.1, -0.05) is 17.7 Å². The Morgan fingerprint density at radius 1 is 1.35 bits per heavy atom. The summed E-state index contributed by atoms with van der Waals surface area (Å²) in [5, 5.41) is 11.3. The van der Waals surface area contributed by atoms with Gasteiger partial charge in [0.25, 0.3) is 0 Å². The van der Waals surface area contributed by atoms with Crippen LogP contribution in [0, 0.1) is 22.7 Å². The van der Waals surface area contributed by atoms with Gasteiger partial charge in [0.2, 0.25) is 5.91 Å². The maximum Gasteiger partial charge on any atom is 0.223 e. The third kappa shape index (κ3) is 2.54. The van der Waals surface area contributed by atoms with Gasteiger partial charge in [0.1, 0.15) is 5.52 Å². The molecule has 3 heterocycles. The molecule has 2 atom stereocenters. The van der Waals surface area contributed by atoms with E-state index in [1.54, 1.807) is 11.3 Å². The normalized spacial score (nSPS) is 32.2. The third-order valence-corrected chi connectivity index (χ3v) is 7.81. The first-order valence-electron chi connectivity index (χ1n) is 9.33. The molecule has 4 nitrogen and oxygen atoms in total. The topological polar surface area (TPSA) is 57.0 Å². The Morgan fingerprint density at radius 3 is 2.81 bits per heavy atom. The van der Waals surface area contributed by atoms with Crippen molar-refractivity contribution in [2.24, 2.45) is 11.3 Å². The van der Waals surface area contributed by atoms with Crippen molar-refractivity contribution in [1.29, 1.82) is 5.26 Å². The number of amides is 1. The van der Waals surface area contributed by atoms with Crippen LogP contribution in [0.3, 0.4) is 0 Å². The van der Waals surface area contributed by atoms with Crippen LogP contribution < -0.4 is 0 Å². The van der Waals surface area contributed by atoms with E-state index in [-0.39, 0.29) is 23.4 Å². The van der Waals surface area contributed by atoms with Gasteiger partial charge in [-0.25, -0.2) is 4.98 Å². The lowest BCUT2D eigenvalue weighted by Gasteiger charge is -2.59. The van der Waals surface area contributed by atoms with Crippen LogP contribution in [-0.2, 0) is 11.2 Å². The molecule has 6 rings (SSSR count). The maximum absolute atomic E-state index is 13.0. The van der Waals surface area contributed by atoms with Crippen LogP contribution in [0.15, 0.2) is 18.2 Å². The van der Waals surface area contributed by atoms with E-state index in [0.717, 1.165) is 47.3 Å². The Balaban J connectivity index is 1.30. The summed E-state index contributed by atoms with van der Waals surface area (Å²) in [5.41, 5.74) is 0.685. The van der Waals surface area contributed by atoms with Crippen molar-refractivity contribution >= 4 is 39.1 Å². The van der Waals surface area contributed by atoms with E-state index < -0.39 is 0 Å². The first-order valence-corrected chi connectivity index (χ1v) is 10.5. The molecule has 4 fully saturated rings. The Morgan fingerprint density at radius 2 is 2.12 bits per heavy atom. The number of aryl methyl sites for hydroxylation is 1. The summed E-state index contributed by atoms with van der Waals surface area (Å²) in [6, 6.07) is 8.95. The summed E-state index contributed by atoms with van der Waals surface area (Å²) in [5.74, 6) is 0.875. The molecule has 2 aliphatic heterocycles. The summed E-state index contributed by atoms with van der Waals surface area (Å²) < 4.78 is 1.07. The van der Waals surface area contributed by atoms with Crippen molar-refractivity contribution in [1.82, 2.24) is 9.88 Å². The Labute approximate surface area is 161 Å². The van der Waals surface area contributed by atoms with Crippen molar-refractivity contribution in [3.8, 4) is 6.07 Å². The number of hydrogen-bond acceptors (Lipinski definition) is 4. The van der Waals surface area contributed by atoms with Gasteiger partial charge in [-0.3, -0.25) is 4.79 Å². The number of carbonyl (C=O) groups is 1. The standard InChI is InChI=1S/C20H20ClN3OS/c21-15-2-1-3-16-19(15)23-17(26-16)4-5-18(25)24-13-6-12-7-14(24)10-20(8-12,9-13)11-22/h1-3,12-14H,4-10H2. The minimum atomic E-state index is -0.156. The molecule has 4 aliphatic rings. The molecule has 2 saturated carbocycles. The van der Waals surface area contributed by atoms with E-state index in [2.05, 4.69) is 16.0 Å². The van der Waals surface area contributed by atoms with Crippen LogP contribution in [0.5, 0.6) is 0 Å². The molecule has 1 aromatic carbocycles. The second-order valence-electron chi connectivity index (χ2n) is 8.14. The summed E-state index contributed by atoms with van der Waals surface area (Å²) >= 11 is 7.83. The number of hydrogen-bond donors (Lipinski definition) is 0. The molecule has 4 bridgehead atoms. The van der Waals surface area contributed by atoms with Crippen LogP contribution in [-0.4, -0.2) is 27.9 Å². The van der Waals surface area contributed by atoms with Crippen LogP contribution in [0.1, 0.15) is 43.5 Å². The minimum absolute atomic E-state index is 0.156. The Hall–Kier alpha value is -1.64. The number of benzene rings is 1. The Bertz CT molecular complexity index is 917. The van der Waals surface area contributed by atoms with Crippen molar-refractivity contribution in [2.75, 3.05) is 0 Å². The summed E-state index contributed by atoms with van der Waals surface area (Å²) in [7, 11) is 0. The van der Waals surface area contributed by atoms with Gasteiger partial charge in [-0.05, 0) is 50.2 Å². The zero-order valence-electron chi connectivity index (χ0n) is 14.4. The van der Waals surface area contributed by atoms with Crippen molar-refractivity contribution in [3.05, 3.63) is 28.2 Å². The van der Waals surface area contributed by atoms with Crippen molar-refractivity contribution in [2.45, 2.75) is 57.0 Å². The highest BCUT2D eigenvalue weighted by atomic mass is 35.5. The molecule has 6 heteroatoms. The molecule has 1 aromatic heterocycles. The number of nitriles is 1. The van der Waals surface area contributed by atoms with Crippen molar-refractivity contribution in [3.63, 3.8) is 0 Å². The largest absolute Gasteiger partial charge is 0.337 e. The molecular formula is C20H20ClN3OS. The van der Waals surface area contributed by atoms with Crippen LogP contribution >= 0.6 is 22.9 Å². The molecule has 1 amide bonds. The van der Waals surface area contributed by atoms with E-state index in [4.69, 9.17) is 11.6 Å². The lowest BCUT2D eigenvalue weighted by Crippen LogP contribution is -2.63. The van der Waals surface area contributed by atoms with Crippen LogP contribution in [0.25, 0.3) is 10.2 Å². The number of halogens is 1. The number of carbonyl (C=O) groups excluding carboxylic acids is 1. The smallest absolute Gasteiger partial charge is 0.223 e. The van der Waals surface area contributed by atoms with Gasteiger partial charge < -0.3 is 4.90 Å². The van der Waals surface area contributed by atoms with Crippen molar-refractivity contribution < 1.29 is 4.79 Å². The van der Waals surface area contributed by atoms with E-state index in [1.165, 1.54) is 0 Å². The molecule has 2 saturated heterocycles. The average molecular weight is 386 g/mol. The van der Waals surface area contributed by atoms with Gasteiger partial charge in [0.05, 0.1) is 26.2 Å². The number of para-hydroxylation sites is 1. The molecule has 0 radical (unpaired) electrons. The second kappa shape index (κ2) is 5.94. The number of aromatic nitrogens is 1. The maximum atomic E-state index is 13.0. The lowest BCUT2D eigenvalue weighted by atomic mass is 9.56. The van der Waals surface area contributed by atoms with E-state index >= 15 is 0 Å². The van der Waals surface area contributed by atoms with Gasteiger partial charge in [0, 0.05) is 24.9 Å². The van der Waals surface area contributed by atoms with Gasteiger partial charge >= 0.3 is 0 Å². The van der Waals surface area contributed by atoms with Gasteiger partial charge in [0.15, 0.2) is 0 Å². The minimum Gasteiger partial charge on any atom is -0.337 e.